The molecule has 134 valence electrons. The molecule has 3 nitrogen and oxygen atoms in total. The number of hydrogen-bond acceptors (Lipinski definition) is 3. The van der Waals surface area contributed by atoms with E-state index in [0.29, 0.717) is 0 Å². The molecule has 26 heavy (non-hydrogen) atoms. The minimum atomic E-state index is -1.42. The van der Waals surface area contributed by atoms with Crippen LogP contribution in [0.25, 0.3) is 0 Å². The Kier molecular flexibility index (Phi) is 7.68. The van der Waals surface area contributed by atoms with Crippen LogP contribution in [0.3, 0.4) is 0 Å². The molecule has 3 aromatic rings. The van der Waals surface area contributed by atoms with Gasteiger partial charge in [-0.1, -0.05) is 58.7 Å². The number of benzene rings is 3. The maximum absolute atomic E-state index is 12.0. The van der Waals surface area contributed by atoms with Crippen molar-refractivity contribution in [1.29, 1.82) is 0 Å². The van der Waals surface area contributed by atoms with E-state index in [1.54, 1.807) is 0 Å². The predicted octanol–water partition coefficient (Wildman–Crippen LogP) is 4.04. The summed E-state index contributed by atoms with van der Waals surface area (Å²) in [4.78, 5) is 0. The highest BCUT2D eigenvalue weighted by molar-refractivity contribution is 7.61. The first-order valence-corrected chi connectivity index (χ1v) is 9.86. The van der Waals surface area contributed by atoms with Crippen LogP contribution < -0.4 is 21.9 Å². The van der Waals surface area contributed by atoms with Crippen molar-refractivity contribution in [2.75, 3.05) is 0 Å². The molecule has 3 rings (SSSR count). The van der Waals surface area contributed by atoms with Crippen molar-refractivity contribution in [3.8, 4) is 0 Å². The van der Waals surface area contributed by atoms with Crippen LogP contribution in [-0.2, 0) is 11.1 Å². The van der Waals surface area contributed by atoms with E-state index in [2.05, 4.69) is 38.3 Å². The molecule has 0 spiro atoms. The second-order valence-electron chi connectivity index (χ2n) is 6.22. The topological polar surface area (TPSA) is 55.1 Å². The smallest absolute Gasteiger partial charge is 0.271 e. The molecule has 3 N–H and O–H groups in total. The van der Waals surface area contributed by atoms with Crippen molar-refractivity contribution < 1.29 is 4.57 Å². The Labute approximate surface area is 157 Å². The lowest BCUT2D eigenvalue weighted by Gasteiger charge is -2.09. The normalized spacial score (nSPS) is 10.0. The van der Waals surface area contributed by atoms with Crippen LogP contribution in [0.4, 0.5) is 0 Å². The van der Waals surface area contributed by atoms with E-state index in [4.69, 9.17) is 5.84 Å². The average Bonchev–Trinajstić information content (AvgIpc) is 2.66. The number of hydrogen-bond donors (Lipinski definition) is 2. The standard InChI is InChI=1S/C12H10OP.C10H16N2/c13-14(11-7-3-1-4-8-11)12-9-5-2-6-10-12;1-7-4-8(2)10(6-12-11)9(3)5-7/h1-10H;4-5,12H,6,11H2,1-3H3/q+1;. The van der Waals surface area contributed by atoms with E-state index in [1.807, 2.05) is 60.7 Å². The largest absolute Gasteiger partial charge is 0.415 e. The zero-order valence-corrected chi connectivity index (χ0v) is 16.5. The van der Waals surface area contributed by atoms with Gasteiger partial charge in [-0.15, -0.1) is 0 Å². The van der Waals surface area contributed by atoms with Gasteiger partial charge in [0.2, 0.25) is 0 Å². The van der Waals surface area contributed by atoms with E-state index < -0.39 is 7.80 Å². The summed E-state index contributed by atoms with van der Waals surface area (Å²) in [5.74, 6) is 5.29. The summed E-state index contributed by atoms with van der Waals surface area (Å²) in [6, 6.07) is 23.4. The Bertz CT molecular complexity index is 784. The molecule has 0 fully saturated rings. The summed E-state index contributed by atoms with van der Waals surface area (Å²) >= 11 is 0. The molecule has 0 aliphatic carbocycles. The minimum absolute atomic E-state index is 0.748. The van der Waals surface area contributed by atoms with Crippen LogP contribution in [0.5, 0.6) is 0 Å². The molecule has 0 radical (unpaired) electrons. The third-order valence-electron chi connectivity index (χ3n) is 4.10. The predicted molar refractivity (Wildman–Crippen MR) is 111 cm³/mol. The summed E-state index contributed by atoms with van der Waals surface area (Å²) in [6.45, 7) is 7.09. The molecule has 0 heterocycles. The van der Waals surface area contributed by atoms with Gasteiger partial charge in [-0.05, 0) is 61.7 Å². The third-order valence-corrected chi connectivity index (χ3v) is 5.63. The molecule has 0 aliphatic rings. The van der Waals surface area contributed by atoms with Gasteiger partial charge in [-0.2, -0.15) is 0 Å². The summed E-state index contributed by atoms with van der Waals surface area (Å²) in [6.07, 6.45) is 0. The fraction of sp³-hybridized carbons (Fsp3) is 0.182. The van der Waals surface area contributed by atoms with Gasteiger partial charge in [0.15, 0.2) is 10.6 Å². The van der Waals surface area contributed by atoms with Gasteiger partial charge >= 0.3 is 7.80 Å². The lowest BCUT2D eigenvalue weighted by atomic mass is 10.0. The van der Waals surface area contributed by atoms with Gasteiger partial charge in [0, 0.05) is 6.54 Å². The van der Waals surface area contributed by atoms with E-state index in [9.17, 15) is 4.57 Å². The highest BCUT2D eigenvalue weighted by Crippen LogP contribution is 2.18. The zero-order chi connectivity index (χ0) is 18.9. The molecule has 0 bridgehead atoms. The molecule has 0 amide bonds. The summed E-state index contributed by atoms with van der Waals surface area (Å²) in [5, 5.41) is 1.77. The van der Waals surface area contributed by atoms with E-state index >= 15 is 0 Å². The molecule has 0 unspecified atom stereocenters. The van der Waals surface area contributed by atoms with Crippen molar-refractivity contribution in [2.24, 2.45) is 5.84 Å². The van der Waals surface area contributed by atoms with Gasteiger partial charge in [0.25, 0.3) is 0 Å². The number of hydrazine groups is 1. The Morgan fingerprint density at radius 2 is 1.23 bits per heavy atom. The lowest BCUT2D eigenvalue weighted by molar-refractivity contribution is 0.598. The van der Waals surface area contributed by atoms with Crippen molar-refractivity contribution >= 4 is 18.4 Å². The lowest BCUT2D eigenvalue weighted by Crippen LogP contribution is -2.22. The van der Waals surface area contributed by atoms with Gasteiger partial charge < -0.3 is 0 Å². The van der Waals surface area contributed by atoms with Crippen LogP contribution in [0, 0.1) is 20.8 Å². The number of nitrogens with one attached hydrogen (secondary N) is 1. The van der Waals surface area contributed by atoms with Crippen LogP contribution in [0.1, 0.15) is 22.3 Å². The van der Waals surface area contributed by atoms with Crippen molar-refractivity contribution in [1.82, 2.24) is 5.43 Å². The van der Waals surface area contributed by atoms with Crippen molar-refractivity contribution in [3.63, 3.8) is 0 Å². The van der Waals surface area contributed by atoms with E-state index in [1.165, 1.54) is 22.3 Å². The number of nitrogens with two attached hydrogens (primary N) is 1. The van der Waals surface area contributed by atoms with Crippen molar-refractivity contribution in [3.05, 3.63) is 95.1 Å². The molecule has 0 aliphatic heterocycles. The Hall–Kier alpha value is -2.32. The second-order valence-corrected chi connectivity index (χ2v) is 7.85. The van der Waals surface area contributed by atoms with Gasteiger partial charge in [-0.3, -0.25) is 11.3 Å². The SMILES string of the molecule is Cc1cc(C)c(CNN)c(C)c1.O=[P+](c1ccccc1)c1ccccc1. The van der Waals surface area contributed by atoms with Crippen LogP contribution in [-0.4, -0.2) is 0 Å². The first kappa shape index (κ1) is 20.0. The van der Waals surface area contributed by atoms with Crippen LogP contribution in [0.2, 0.25) is 0 Å². The highest BCUT2D eigenvalue weighted by atomic mass is 31.1. The average molecular weight is 365 g/mol. The quantitative estimate of drug-likeness (QED) is 0.417. The Balaban J connectivity index is 0.000000190. The molecule has 0 atom stereocenters. The monoisotopic (exact) mass is 365 g/mol. The molecular weight excluding hydrogens is 339 g/mol. The van der Waals surface area contributed by atoms with E-state index in [-0.39, 0.29) is 0 Å². The number of rotatable bonds is 4. The first-order chi connectivity index (χ1) is 12.5. The maximum Gasteiger partial charge on any atom is 0.415 e. The van der Waals surface area contributed by atoms with Crippen LogP contribution in [0.15, 0.2) is 72.8 Å². The minimum Gasteiger partial charge on any atom is -0.271 e. The Morgan fingerprint density at radius 1 is 0.808 bits per heavy atom. The van der Waals surface area contributed by atoms with Gasteiger partial charge in [0.1, 0.15) is 0 Å². The molecule has 0 saturated carbocycles. The van der Waals surface area contributed by atoms with Crippen LogP contribution >= 0.6 is 7.80 Å². The fourth-order valence-electron chi connectivity index (χ4n) is 2.87. The summed E-state index contributed by atoms with van der Waals surface area (Å²) in [7, 11) is -1.42. The molecule has 4 heteroatoms. The molecule has 0 saturated heterocycles. The first-order valence-electron chi connectivity index (χ1n) is 8.60. The number of aryl methyl sites for hydroxylation is 3. The third kappa shape index (κ3) is 5.60. The second kappa shape index (κ2) is 9.98. The highest BCUT2D eigenvalue weighted by Gasteiger charge is 2.21. The zero-order valence-electron chi connectivity index (χ0n) is 15.6. The fourth-order valence-corrected chi connectivity index (χ4v) is 4.05. The van der Waals surface area contributed by atoms with Gasteiger partial charge in [0.05, 0.1) is 0 Å². The maximum atomic E-state index is 12.0. The molecule has 3 aromatic carbocycles. The molecule has 0 aromatic heterocycles. The van der Waals surface area contributed by atoms with E-state index in [0.717, 1.165) is 17.2 Å². The van der Waals surface area contributed by atoms with Gasteiger partial charge in [-0.25, -0.2) is 0 Å². The Morgan fingerprint density at radius 3 is 1.62 bits per heavy atom. The molecular formula is C22H26N2OP+. The summed E-state index contributed by atoms with van der Waals surface area (Å²) in [5.41, 5.74) is 7.93. The van der Waals surface area contributed by atoms with Crippen molar-refractivity contribution in [2.45, 2.75) is 27.3 Å². The summed E-state index contributed by atoms with van der Waals surface area (Å²) < 4.78 is 12.0.